The molecule has 0 aliphatic rings. The van der Waals surface area contributed by atoms with Gasteiger partial charge in [0.2, 0.25) is 10.0 Å². The summed E-state index contributed by atoms with van der Waals surface area (Å²) in [6.07, 6.45) is 0.695. The number of rotatable bonds is 6. The maximum absolute atomic E-state index is 12.6. The van der Waals surface area contributed by atoms with Crippen LogP contribution >= 0.6 is 22.9 Å². The minimum Gasteiger partial charge on any atom is -0.281 e. The van der Waals surface area contributed by atoms with Crippen LogP contribution in [0.15, 0.2) is 22.4 Å². The minimum absolute atomic E-state index is 0.0671. The molecule has 0 aromatic carbocycles. The average Bonchev–Trinajstić information content (AvgIpc) is 3.04. The fourth-order valence-corrected chi connectivity index (χ4v) is 4.36. The molecule has 0 aliphatic carbocycles. The first-order valence-corrected chi connectivity index (χ1v) is 8.90. The Kier molecular flexibility index (Phi) is 4.85. The third-order valence-electron chi connectivity index (χ3n) is 3.01. The topological polar surface area (TPSA) is 66.1 Å². The Morgan fingerprint density at radius 3 is 2.85 bits per heavy atom. The molecule has 20 heavy (non-hydrogen) atoms. The van der Waals surface area contributed by atoms with E-state index in [4.69, 9.17) is 11.6 Å². The molecule has 0 unspecified atom stereocenters. The molecular weight excluding hydrogens is 318 g/mol. The number of hydrogen-bond donors (Lipinski definition) is 1. The number of aryl methyl sites for hydroxylation is 1. The number of nitrogens with zero attached hydrogens (tertiary/aromatic N) is 2. The van der Waals surface area contributed by atoms with Gasteiger partial charge in [-0.05, 0) is 24.8 Å². The van der Waals surface area contributed by atoms with Crippen molar-refractivity contribution in [1.29, 1.82) is 0 Å². The lowest BCUT2D eigenvalue weighted by molar-refractivity contribution is 0.472. The predicted octanol–water partition coefficient (Wildman–Crippen LogP) is 2.38. The monoisotopic (exact) mass is 333 g/mol. The van der Waals surface area contributed by atoms with Gasteiger partial charge in [-0.2, -0.15) is 5.10 Å². The first kappa shape index (κ1) is 15.5. The van der Waals surface area contributed by atoms with Crippen molar-refractivity contribution in [3.05, 3.63) is 33.8 Å². The fraction of sp³-hybridized carbons (Fsp3) is 0.417. The number of H-pyrrole nitrogens is 1. The van der Waals surface area contributed by atoms with E-state index in [1.807, 2.05) is 17.5 Å². The first-order chi connectivity index (χ1) is 9.46. The van der Waals surface area contributed by atoms with Crippen LogP contribution in [0.1, 0.15) is 16.3 Å². The Morgan fingerprint density at radius 1 is 1.50 bits per heavy atom. The van der Waals surface area contributed by atoms with Gasteiger partial charge in [0.05, 0.1) is 17.3 Å². The molecule has 2 aromatic heterocycles. The lowest BCUT2D eigenvalue weighted by Gasteiger charge is -2.17. The summed E-state index contributed by atoms with van der Waals surface area (Å²) in [6.45, 7) is 2.11. The lowest BCUT2D eigenvalue weighted by atomic mass is 10.3. The van der Waals surface area contributed by atoms with Crippen LogP contribution in [-0.2, 0) is 22.3 Å². The van der Waals surface area contributed by atoms with Crippen LogP contribution in [-0.4, -0.2) is 36.5 Å². The maximum atomic E-state index is 12.6. The third-order valence-corrected chi connectivity index (χ3v) is 6.26. The molecule has 110 valence electrons. The van der Waals surface area contributed by atoms with Crippen LogP contribution in [0, 0.1) is 6.92 Å². The summed E-state index contributed by atoms with van der Waals surface area (Å²) in [5.74, 6) is 0.0671. The second-order valence-corrected chi connectivity index (χ2v) is 7.70. The number of likely N-dealkylation sites (N-methyl/N-ethyl adjacent to an activating group) is 1. The fourth-order valence-electron chi connectivity index (χ4n) is 1.90. The van der Waals surface area contributed by atoms with Crippen molar-refractivity contribution < 1.29 is 8.42 Å². The van der Waals surface area contributed by atoms with Crippen molar-refractivity contribution in [2.75, 3.05) is 13.6 Å². The van der Waals surface area contributed by atoms with E-state index in [0.29, 0.717) is 24.4 Å². The van der Waals surface area contributed by atoms with Crippen molar-refractivity contribution in [1.82, 2.24) is 14.5 Å². The third kappa shape index (κ3) is 3.06. The highest BCUT2D eigenvalue weighted by Gasteiger charge is 2.27. The maximum Gasteiger partial charge on any atom is 0.246 e. The van der Waals surface area contributed by atoms with E-state index in [2.05, 4.69) is 10.2 Å². The summed E-state index contributed by atoms with van der Waals surface area (Å²) >= 11 is 7.37. The lowest BCUT2D eigenvalue weighted by Crippen LogP contribution is -2.29. The normalized spacial score (nSPS) is 12.2. The van der Waals surface area contributed by atoms with E-state index in [1.165, 1.54) is 4.31 Å². The van der Waals surface area contributed by atoms with Gasteiger partial charge in [-0.25, -0.2) is 12.7 Å². The summed E-state index contributed by atoms with van der Waals surface area (Å²) in [7, 11) is -1.99. The summed E-state index contributed by atoms with van der Waals surface area (Å²) in [4.78, 5) is 1.36. The molecule has 0 bridgehead atoms. The van der Waals surface area contributed by atoms with E-state index in [-0.39, 0.29) is 10.8 Å². The highest BCUT2D eigenvalue weighted by atomic mass is 35.5. The summed E-state index contributed by atoms with van der Waals surface area (Å²) in [5.41, 5.74) is 0.885. The van der Waals surface area contributed by atoms with Crippen molar-refractivity contribution in [2.45, 2.75) is 24.1 Å². The van der Waals surface area contributed by atoms with Gasteiger partial charge in [0.1, 0.15) is 4.90 Å². The van der Waals surface area contributed by atoms with Crippen LogP contribution < -0.4 is 0 Å². The molecule has 8 heteroatoms. The molecule has 1 N–H and O–H groups in total. The minimum atomic E-state index is -3.56. The Balaban J connectivity index is 2.18. The van der Waals surface area contributed by atoms with Crippen molar-refractivity contribution >= 4 is 33.0 Å². The van der Waals surface area contributed by atoms with Gasteiger partial charge in [0.15, 0.2) is 0 Å². The number of aromatic nitrogens is 2. The molecule has 2 heterocycles. The molecule has 0 saturated carbocycles. The number of halogens is 1. The highest BCUT2D eigenvalue weighted by Crippen LogP contribution is 2.23. The standard InChI is InChI=1S/C12H16ClN3O2S2/c1-9-12(11(8-13)15-14-9)20(17,18)16(2)6-5-10-4-3-7-19-10/h3-4,7H,5-6,8H2,1-2H3,(H,14,15). The van der Waals surface area contributed by atoms with Crippen LogP contribution in [0.25, 0.3) is 0 Å². The SMILES string of the molecule is Cc1[nH]nc(CCl)c1S(=O)(=O)N(C)CCc1cccs1. The van der Waals surface area contributed by atoms with Gasteiger partial charge in [0, 0.05) is 18.5 Å². The Bertz CT molecular complexity index is 665. The van der Waals surface area contributed by atoms with Crippen LogP contribution in [0.2, 0.25) is 0 Å². The zero-order valence-electron chi connectivity index (χ0n) is 11.3. The van der Waals surface area contributed by atoms with Crippen molar-refractivity contribution in [3.63, 3.8) is 0 Å². The highest BCUT2D eigenvalue weighted by molar-refractivity contribution is 7.89. The first-order valence-electron chi connectivity index (χ1n) is 6.05. The summed E-state index contributed by atoms with van der Waals surface area (Å²) in [5, 5.41) is 8.59. The molecule has 2 aromatic rings. The summed E-state index contributed by atoms with van der Waals surface area (Å²) < 4.78 is 26.5. The Morgan fingerprint density at radius 2 is 2.25 bits per heavy atom. The van der Waals surface area contributed by atoms with E-state index < -0.39 is 10.0 Å². The zero-order valence-corrected chi connectivity index (χ0v) is 13.6. The number of aromatic amines is 1. The quantitative estimate of drug-likeness (QED) is 0.825. The van der Waals surface area contributed by atoms with Gasteiger partial charge in [-0.15, -0.1) is 22.9 Å². The molecular formula is C12H16ClN3O2S2. The molecule has 0 amide bonds. The van der Waals surface area contributed by atoms with Crippen molar-refractivity contribution in [2.24, 2.45) is 0 Å². The number of hydrogen-bond acceptors (Lipinski definition) is 4. The van der Waals surface area contributed by atoms with E-state index in [0.717, 1.165) is 4.88 Å². The van der Waals surface area contributed by atoms with E-state index in [1.54, 1.807) is 25.3 Å². The molecule has 0 atom stereocenters. The van der Waals surface area contributed by atoms with E-state index in [9.17, 15) is 8.42 Å². The van der Waals surface area contributed by atoms with Gasteiger partial charge < -0.3 is 0 Å². The molecule has 0 fully saturated rings. The average molecular weight is 334 g/mol. The molecule has 0 radical (unpaired) electrons. The predicted molar refractivity (Wildman–Crippen MR) is 80.7 cm³/mol. The van der Waals surface area contributed by atoms with E-state index >= 15 is 0 Å². The number of nitrogens with one attached hydrogen (secondary N) is 1. The van der Waals surface area contributed by atoms with Gasteiger partial charge in [-0.1, -0.05) is 6.07 Å². The van der Waals surface area contributed by atoms with Crippen molar-refractivity contribution in [3.8, 4) is 0 Å². The Hall–Kier alpha value is -0.890. The largest absolute Gasteiger partial charge is 0.281 e. The number of thiophene rings is 1. The summed E-state index contributed by atoms with van der Waals surface area (Å²) in [6, 6.07) is 3.96. The van der Waals surface area contributed by atoms with Crippen LogP contribution in [0.3, 0.4) is 0 Å². The smallest absolute Gasteiger partial charge is 0.246 e. The number of alkyl halides is 1. The van der Waals surface area contributed by atoms with Crippen LogP contribution in [0.4, 0.5) is 0 Å². The molecule has 0 aliphatic heterocycles. The second-order valence-electron chi connectivity index (χ2n) is 4.41. The van der Waals surface area contributed by atoms with Gasteiger partial charge in [-0.3, -0.25) is 5.10 Å². The number of sulfonamides is 1. The van der Waals surface area contributed by atoms with Gasteiger partial charge >= 0.3 is 0 Å². The molecule has 0 spiro atoms. The second kappa shape index (κ2) is 6.26. The molecule has 5 nitrogen and oxygen atoms in total. The Labute approximate surface area is 127 Å². The molecule has 2 rings (SSSR count). The molecule has 0 saturated heterocycles. The zero-order chi connectivity index (χ0) is 14.8. The van der Waals surface area contributed by atoms with Gasteiger partial charge in [0.25, 0.3) is 0 Å². The van der Waals surface area contributed by atoms with Crippen LogP contribution in [0.5, 0.6) is 0 Å².